The summed E-state index contributed by atoms with van der Waals surface area (Å²) in [7, 11) is -1.92. The van der Waals surface area contributed by atoms with Gasteiger partial charge in [0.1, 0.15) is 5.75 Å². The molecular formula is C11H12N6O2S. The van der Waals surface area contributed by atoms with E-state index in [9.17, 15) is 8.42 Å². The smallest absolute Gasteiger partial charge is 0.226 e. The predicted octanol–water partition coefficient (Wildman–Crippen LogP) is 0.247. The van der Waals surface area contributed by atoms with Crippen molar-refractivity contribution in [1.29, 1.82) is 0 Å². The van der Waals surface area contributed by atoms with Crippen LogP contribution in [-0.4, -0.2) is 33.4 Å². The molecule has 0 saturated carbocycles. The van der Waals surface area contributed by atoms with Crippen molar-refractivity contribution in [2.45, 2.75) is 10.9 Å². The van der Waals surface area contributed by atoms with Gasteiger partial charge < -0.3 is 10.7 Å². The van der Waals surface area contributed by atoms with E-state index in [4.69, 9.17) is 5.73 Å². The third kappa shape index (κ3) is 2.23. The van der Waals surface area contributed by atoms with Crippen LogP contribution in [0.15, 0.2) is 29.6 Å². The molecule has 1 aromatic carbocycles. The Hall–Kier alpha value is -2.42. The normalized spacial score (nSPS) is 12.1. The van der Waals surface area contributed by atoms with Crippen molar-refractivity contribution < 1.29 is 8.42 Å². The summed E-state index contributed by atoms with van der Waals surface area (Å²) >= 11 is 0. The molecule has 8 nitrogen and oxygen atoms in total. The molecule has 3 N–H and O–H groups in total. The Kier molecular flexibility index (Phi) is 2.71. The third-order valence-corrected chi connectivity index (χ3v) is 4.23. The van der Waals surface area contributed by atoms with Gasteiger partial charge in [0, 0.05) is 18.9 Å². The number of hydrogen-bond acceptors (Lipinski definition) is 6. The summed E-state index contributed by atoms with van der Waals surface area (Å²) in [5, 5.41) is 7.38. The second kappa shape index (κ2) is 4.30. The molecule has 0 aliphatic heterocycles. The maximum Gasteiger partial charge on any atom is 0.226 e. The van der Waals surface area contributed by atoms with Gasteiger partial charge in [0.15, 0.2) is 0 Å². The minimum atomic E-state index is -3.60. The monoisotopic (exact) mass is 292 g/mol. The molecule has 2 aromatic heterocycles. The molecule has 20 heavy (non-hydrogen) atoms. The van der Waals surface area contributed by atoms with E-state index in [1.54, 1.807) is 31.4 Å². The number of sulfone groups is 1. The van der Waals surface area contributed by atoms with Crippen LogP contribution in [0.25, 0.3) is 11.0 Å². The fraction of sp³-hybridized carbons (Fsp3) is 0.182. The SMILES string of the molecule is Cn1cc(CS(=O)(=O)c2nc3ccc(N)cc3[nH]2)nn1. The molecule has 0 bridgehead atoms. The molecule has 0 aliphatic carbocycles. The van der Waals surface area contributed by atoms with E-state index in [0.717, 1.165) is 0 Å². The van der Waals surface area contributed by atoms with Crippen LogP contribution in [0, 0.1) is 0 Å². The van der Waals surface area contributed by atoms with Crippen LogP contribution >= 0.6 is 0 Å². The number of aromatic nitrogens is 5. The van der Waals surface area contributed by atoms with E-state index in [-0.39, 0.29) is 10.9 Å². The number of aromatic amines is 1. The first-order valence-corrected chi connectivity index (χ1v) is 7.42. The van der Waals surface area contributed by atoms with Crippen molar-refractivity contribution in [1.82, 2.24) is 25.0 Å². The van der Waals surface area contributed by atoms with Crippen LogP contribution < -0.4 is 5.73 Å². The number of nitrogens with zero attached hydrogens (tertiary/aromatic N) is 4. The molecule has 0 spiro atoms. The summed E-state index contributed by atoms with van der Waals surface area (Å²) in [6.45, 7) is 0. The van der Waals surface area contributed by atoms with E-state index in [1.165, 1.54) is 4.68 Å². The van der Waals surface area contributed by atoms with Crippen LogP contribution in [0.2, 0.25) is 0 Å². The maximum absolute atomic E-state index is 12.3. The molecule has 0 unspecified atom stereocenters. The highest BCUT2D eigenvalue weighted by Crippen LogP contribution is 2.19. The van der Waals surface area contributed by atoms with Gasteiger partial charge in [-0.05, 0) is 18.2 Å². The fourth-order valence-electron chi connectivity index (χ4n) is 1.88. The van der Waals surface area contributed by atoms with E-state index in [2.05, 4.69) is 20.3 Å². The highest BCUT2D eigenvalue weighted by molar-refractivity contribution is 7.90. The third-order valence-electron chi connectivity index (χ3n) is 2.77. The number of hydrogen-bond donors (Lipinski definition) is 2. The largest absolute Gasteiger partial charge is 0.399 e. The van der Waals surface area contributed by atoms with Gasteiger partial charge in [-0.25, -0.2) is 13.4 Å². The first kappa shape index (κ1) is 12.6. The minimum absolute atomic E-state index is 0.0937. The summed E-state index contributed by atoms with van der Waals surface area (Å²) in [4.78, 5) is 6.84. The molecule has 0 amide bonds. The lowest BCUT2D eigenvalue weighted by molar-refractivity contribution is 0.587. The molecule has 0 fully saturated rings. The fourth-order valence-corrected chi connectivity index (χ4v) is 3.04. The topological polar surface area (TPSA) is 120 Å². The van der Waals surface area contributed by atoms with E-state index in [0.29, 0.717) is 22.4 Å². The van der Waals surface area contributed by atoms with Gasteiger partial charge in [0.25, 0.3) is 0 Å². The Morgan fingerprint density at radius 2 is 2.20 bits per heavy atom. The highest BCUT2D eigenvalue weighted by Gasteiger charge is 2.21. The van der Waals surface area contributed by atoms with Crippen molar-refractivity contribution >= 4 is 26.6 Å². The first-order valence-electron chi connectivity index (χ1n) is 5.77. The number of aryl methyl sites for hydroxylation is 1. The van der Waals surface area contributed by atoms with Crippen LogP contribution in [0.3, 0.4) is 0 Å². The van der Waals surface area contributed by atoms with Crippen molar-refractivity contribution in [3.05, 3.63) is 30.1 Å². The Balaban J connectivity index is 2.00. The Labute approximate surface area is 114 Å². The van der Waals surface area contributed by atoms with Crippen molar-refractivity contribution in [3.8, 4) is 0 Å². The zero-order valence-electron chi connectivity index (χ0n) is 10.6. The van der Waals surface area contributed by atoms with Gasteiger partial charge >= 0.3 is 0 Å². The second-order valence-corrected chi connectivity index (χ2v) is 6.37. The number of nitrogen functional groups attached to an aromatic ring is 1. The number of rotatable bonds is 3. The molecule has 0 aliphatic rings. The van der Waals surface area contributed by atoms with Crippen LogP contribution in [-0.2, 0) is 22.6 Å². The van der Waals surface area contributed by atoms with E-state index in [1.807, 2.05) is 0 Å². The van der Waals surface area contributed by atoms with Crippen molar-refractivity contribution in [2.75, 3.05) is 5.73 Å². The summed E-state index contributed by atoms with van der Waals surface area (Å²) in [5.74, 6) is -0.254. The summed E-state index contributed by atoms with van der Waals surface area (Å²) in [6.07, 6.45) is 1.55. The predicted molar refractivity (Wildman–Crippen MR) is 72.4 cm³/mol. The van der Waals surface area contributed by atoms with Crippen LogP contribution in [0.1, 0.15) is 5.69 Å². The number of imidazole rings is 1. The first-order chi connectivity index (χ1) is 9.44. The molecule has 0 radical (unpaired) electrons. The maximum atomic E-state index is 12.3. The molecule has 0 atom stereocenters. The second-order valence-electron chi connectivity index (χ2n) is 4.46. The van der Waals surface area contributed by atoms with Gasteiger partial charge in [-0.15, -0.1) is 5.10 Å². The molecule has 3 aromatic rings. The van der Waals surface area contributed by atoms with Gasteiger partial charge in [-0.3, -0.25) is 4.68 Å². The van der Waals surface area contributed by atoms with Crippen LogP contribution in [0.5, 0.6) is 0 Å². The Morgan fingerprint density at radius 3 is 2.90 bits per heavy atom. The molecular weight excluding hydrogens is 280 g/mol. The quantitative estimate of drug-likeness (QED) is 0.668. The van der Waals surface area contributed by atoms with Gasteiger partial charge in [-0.2, -0.15) is 0 Å². The Morgan fingerprint density at radius 1 is 1.40 bits per heavy atom. The number of anilines is 1. The molecule has 0 saturated heterocycles. The molecule has 104 valence electrons. The van der Waals surface area contributed by atoms with Gasteiger partial charge in [-0.1, -0.05) is 5.21 Å². The number of nitrogens with two attached hydrogens (primary N) is 1. The van der Waals surface area contributed by atoms with E-state index >= 15 is 0 Å². The number of fused-ring (bicyclic) bond motifs is 1. The number of nitrogens with one attached hydrogen (secondary N) is 1. The summed E-state index contributed by atoms with van der Waals surface area (Å²) in [6, 6.07) is 4.98. The molecule has 2 heterocycles. The van der Waals surface area contributed by atoms with Crippen LogP contribution in [0.4, 0.5) is 5.69 Å². The average molecular weight is 292 g/mol. The lowest BCUT2D eigenvalue weighted by Crippen LogP contribution is -2.07. The number of benzene rings is 1. The Bertz CT molecular complexity index is 879. The zero-order valence-corrected chi connectivity index (χ0v) is 11.4. The standard InChI is InChI=1S/C11H12N6O2S/c1-17-5-8(15-16-17)6-20(18,19)11-13-9-3-2-7(12)4-10(9)14-11/h2-5H,6,12H2,1H3,(H,13,14). The highest BCUT2D eigenvalue weighted by atomic mass is 32.2. The van der Waals surface area contributed by atoms with Crippen molar-refractivity contribution in [3.63, 3.8) is 0 Å². The lowest BCUT2D eigenvalue weighted by Gasteiger charge is -1.96. The summed E-state index contributed by atoms with van der Waals surface area (Å²) < 4.78 is 26.0. The zero-order chi connectivity index (χ0) is 14.3. The molecule has 9 heteroatoms. The lowest BCUT2D eigenvalue weighted by atomic mass is 10.3. The van der Waals surface area contributed by atoms with Crippen molar-refractivity contribution in [2.24, 2.45) is 7.05 Å². The summed E-state index contributed by atoms with van der Waals surface area (Å²) in [5.41, 5.74) is 7.70. The number of H-pyrrole nitrogens is 1. The van der Waals surface area contributed by atoms with E-state index < -0.39 is 9.84 Å². The van der Waals surface area contributed by atoms with Gasteiger partial charge in [0.05, 0.1) is 16.7 Å². The molecule has 3 rings (SSSR count). The minimum Gasteiger partial charge on any atom is -0.399 e. The average Bonchev–Trinajstić information content (AvgIpc) is 2.95. The van der Waals surface area contributed by atoms with Gasteiger partial charge in [0.2, 0.25) is 15.0 Å².